The summed E-state index contributed by atoms with van der Waals surface area (Å²) in [6.07, 6.45) is 2.23. The molecule has 31 heavy (non-hydrogen) atoms. The highest BCUT2D eigenvalue weighted by atomic mass is 35.5. The van der Waals surface area contributed by atoms with Crippen LogP contribution in [0.25, 0.3) is 33.3 Å². The molecule has 0 bridgehead atoms. The standard InChI is InChI=1S/C23H18ClFN6/c1-2-15(22-30-21(26)20-23(31-22)28-11-27-20)16-10-13-6-4-8-17(24)19(13)29-18(16)12-5-3-7-14(25)9-12/h3-11,15H,2H2,1H3,(H3,26,27,28,30,31)/t15-/m1/s1. The van der Waals surface area contributed by atoms with E-state index in [-0.39, 0.29) is 11.7 Å². The fraction of sp³-hybridized carbons (Fsp3) is 0.130. The number of nitrogens with one attached hydrogen (secondary N) is 1. The normalized spacial score (nSPS) is 12.5. The molecule has 3 aromatic heterocycles. The van der Waals surface area contributed by atoms with Gasteiger partial charge in [-0.2, -0.15) is 0 Å². The molecule has 5 rings (SSSR count). The lowest BCUT2D eigenvalue weighted by Crippen LogP contribution is -2.10. The highest BCUT2D eigenvalue weighted by Crippen LogP contribution is 2.37. The first-order valence-corrected chi connectivity index (χ1v) is 10.2. The van der Waals surface area contributed by atoms with Crippen LogP contribution >= 0.6 is 11.6 Å². The molecule has 5 aromatic rings. The Morgan fingerprint density at radius 2 is 1.94 bits per heavy atom. The Kier molecular flexibility index (Phi) is 4.75. The van der Waals surface area contributed by atoms with E-state index in [1.165, 1.54) is 18.5 Å². The van der Waals surface area contributed by atoms with Gasteiger partial charge in [-0.25, -0.2) is 24.3 Å². The molecular weight excluding hydrogens is 415 g/mol. The molecule has 0 radical (unpaired) electrons. The Morgan fingerprint density at radius 1 is 1.10 bits per heavy atom. The number of aromatic amines is 1. The van der Waals surface area contributed by atoms with E-state index in [2.05, 4.69) is 19.9 Å². The lowest BCUT2D eigenvalue weighted by molar-refractivity contribution is 0.628. The van der Waals surface area contributed by atoms with Crippen molar-refractivity contribution in [3.8, 4) is 11.3 Å². The zero-order valence-electron chi connectivity index (χ0n) is 16.6. The average Bonchev–Trinajstić information content (AvgIpc) is 3.24. The summed E-state index contributed by atoms with van der Waals surface area (Å²) in [5.74, 6) is 0.314. The molecule has 0 fully saturated rings. The molecule has 0 aliphatic rings. The zero-order chi connectivity index (χ0) is 21.5. The van der Waals surface area contributed by atoms with Crippen molar-refractivity contribution in [3.63, 3.8) is 0 Å². The molecule has 0 aliphatic carbocycles. The van der Waals surface area contributed by atoms with Crippen LogP contribution in [0.5, 0.6) is 0 Å². The fourth-order valence-corrected chi connectivity index (χ4v) is 4.11. The van der Waals surface area contributed by atoms with Gasteiger partial charge in [-0.05, 0) is 36.2 Å². The van der Waals surface area contributed by atoms with Gasteiger partial charge < -0.3 is 10.7 Å². The van der Waals surface area contributed by atoms with Crippen molar-refractivity contribution in [3.05, 3.63) is 77.1 Å². The van der Waals surface area contributed by atoms with E-state index in [1.807, 2.05) is 31.2 Å². The number of fused-ring (bicyclic) bond motifs is 2. The molecule has 1 atom stereocenters. The van der Waals surface area contributed by atoms with Crippen molar-refractivity contribution >= 4 is 39.5 Å². The van der Waals surface area contributed by atoms with Gasteiger partial charge in [0.25, 0.3) is 0 Å². The summed E-state index contributed by atoms with van der Waals surface area (Å²) in [5, 5.41) is 1.42. The number of benzene rings is 2. The number of aromatic nitrogens is 5. The van der Waals surface area contributed by atoms with Crippen molar-refractivity contribution in [1.29, 1.82) is 0 Å². The van der Waals surface area contributed by atoms with E-state index in [0.29, 0.717) is 51.0 Å². The van der Waals surface area contributed by atoms with Gasteiger partial charge in [0.2, 0.25) is 0 Å². The highest BCUT2D eigenvalue weighted by molar-refractivity contribution is 6.35. The number of imidazole rings is 1. The second-order valence-electron chi connectivity index (χ2n) is 7.28. The summed E-state index contributed by atoms with van der Waals surface area (Å²) in [6, 6.07) is 14.0. The molecule has 0 unspecified atom stereocenters. The molecule has 2 aromatic carbocycles. The quantitative estimate of drug-likeness (QED) is 0.392. The summed E-state index contributed by atoms with van der Waals surface area (Å²) < 4.78 is 14.1. The number of pyridine rings is 1. The van der Waals surface area contributed by atoms with Crippen LogP contribution < -0.4 is 5.73 Å². The number of halogens is 2. The molecule has 6 nitrogen and oxygen atoms in total. The van der Waals surface area contributed by atoms with Crippen molar-refractivity contribution in [2.24, 2.45) is 0 Å². The molecule has 0 saturated heterocycles. The molecule has 0 amide bonds. The zero-order valence-corrected chi connectivity index (χ0v) is 17.4. The largest absolute Gasteiger partial charge is 0.382 e. The summed E-state index contributed by atoms with van der Waals surface area (Å²) in [4.78, 5) is 21.2. The topological polar surface area (TPSA) is 93.4 Å². The Labute approximate surface area is 182 Å². The van der Waals surface area contributed by atoms with Gasteiger partial charge in [0.1, 0.15) is 17.2 Å². The summed E-state index contributed by atoms with van der Waals surface area (Å²) in [7, 11) is 0. The molecular formula is C23H18ClFN6. The summed E-state index contributed by atoms with van der Waals surface area (Å²) >= 11 is 6.41. The average molecular weight is 433 g/mol. The predicted octanol–water partition coefficient (Wildman–Crippen LogP) is 5.48. The number of nitrogen functional groups attached to an aromatic ring is 1. The second kappa shape index (κ2) is 7.59. The SMILES string of the molecule is CC[C@@H](c1nc(N)c2[nH]cnc2n1)c1cc2cccc(Cl)c2nc1-c1cccc(F)c1. The van der Waals surface area contributed by atoms with Gasteiger partial charge in [-0.15, -0.1) is 0 Å². The van der Waals surface area contributed by atoms with Crippen molar-refractivity contribution in [2.75, 3.05) is 5.73 Å². The number of anilines is 1. The van der Waals surface area contributed by atoms with Gasteiger partial charge in [-0.1, -0.05) is 42.8 Å². The Morgan fingerprint density at radius 3 is 2.74 bits per heavy atom. The van der Waals surface area contributed by atoms with Crippen molar-refractivity contribution < 1.29 is 4.39 Å². The fourth-order valence-electron chi connectivity index (χ4n) is 3.88. The molecule has 8 heteroatoms. The predicted molar refractivity (Wildman–Crippen MR) is 120 cm³/mol. The number of nitrogens with two attached hydrogens (primary N) is 1. The van der Waals surface area contributed by atoms with Crippen LogP contribution in [-0.2, 0) is 0 Å². The lowest BCUT2D eigenvalue weighted by Gasteiger charge is -2.19. The number of H-pyrrole nitrogens is 1. The third-order valence-corrected chi connectivity index (χ3v) is 5.66. The van der Waals surface area contributed by atoms with Gasteiger partial charge in [0.05, 0.1) is 22.6 Å². The lowest BCUT2D eigenvalue weighted by atomic mass is 9.90. The number of nitrogens with zero attached hydrogens (tertiary/aromatic N) is 4. The molecule has 3 N–H and O–H groups in total. The van der Waals surface area contributed by atoms with Gasteiger partial charge in [0.15, 0.2) is 11.5 Å². The van der Waals surface area contributed by atoms with E-state index >= 15 is 0 Å². The van der Waals surface area contributed by atoms with Gasteiger partial charge in [0, 0.05) is 16.9 Å². The van der Waals surface area contributed by atoms with Crippen LogP contribution in [0.3, 0.4) is 0 Å². The van der Waals surface area contributed by atoms with Crippen LogP contribution in [0.4, 0.5) is 10.2 Å². The molecule has 0 aliphatic heterocycles. The first-order chi connectivity index (χ1) is 15.0. The Bertz CT molecular complexity index is 1430. The van der Waals surface area contributed by atoms with E-state index in [0.717, 1.165) is 10.9 Å². The minimum absolute atomic E-state index is 0.224. The molecule has 0 spiro atoms. The maximum atomic E-state index is 14.1. The first kappa shape index (κ1) is 19.4. The monoisotopic (exact) mass is 432 g/mol. The minimum Gasteiger partial charge on any atom is -0.382 e. The maximum Gasteiger partial charge on any atom is 0.183 e. The third-order valence-electron chi connectivity index (χ3n) is 5.35. The first-order valence-electron chi connectivity index (χ1n) is 9.86. The van der Waals surface area contributed by atoms with Crippen LogP contribution in [0.15, 0.2) is 54.9 Å². The van der Waals surface area contributed by atoms with E-state index in [9.17, 15) is 4.39 Å². The third kappa shape index (κ3) is 3.37. The molecule has 154 valence electrons. The second-order valence-corrected chi connectivity index (χ2v) is 7.68. The number of rotatable bonds is 4. The van der Waals surface area contributed by atoms with Crippen LogP contribution in [0.2, 0.25) is 5.02 Å². The Balaban J connectivity index is 1.79. The maximum absolute atomic E-state index is 14.1. The summed E-state index contributed by atoms with van der Waals surface area (Å²) in [6.45, 7) is 2.04. The summed E-state index contributed by atoms with van der Waals surface area (Å²) in [5.41, 5.74) is 10.1. The van der Waals surface area contributed by atoms with E-state index < -0.39 is 0 Å². The number of para-hydroxylation sites is 1. The van der Waals surface area contributed by atoms with E-state index in [1.54, 1.807) is 12.1 Å². The van der Waals surface area contributed by atoms with Crippen molar-refractivity contribution in [2.45, 2.75) is 19.3 Å². The van der Waals surface area contributed by atoms with Crippen LogP contribution in [0, 0.1) is 5.82 Å². The van der Waals surface area contributed by atoms with Gasteiger partial charge in [-0.3, -0.25) is 0 Å². The smallest absolute Gasteiger partial charge is 0.183 e. The number of hydrogen-bond donors (Lipinski definition) is 2. The highest BCUT2D eigenvalue weighted by Gasteiger charge is 2.24. The van der Waals surface area contributed by atoms with Crippen LogP contribution in [0.1, 0.15) is 30.7 Å². The van der Waals surface area contributed by atoms with Crippen LogP contribution in [-0.4, -0.2) is 24.9 Å². The van der Waals surface area contributed by atoms with Crippen molar-refractivity contribution in [1.82, 2.24) is 24.9 Å². The van der Waals surface area contributed by atoms with Gasteiger partial charge >= 0.3 is 0 Å². The minimum atomic E-state index is -0.337. The molecule has 0 saturated carbocycles. The van der Waals surface area contributed by atoms with E-state index in [4.69, 9.17) is 22.3 Å². The number of hydrogen-bond acceptors (Lipinski definition) is 5. The Hall–Kier alpha value is -3.58. The molecule has 3 heterocycles.